The average molecular weight is 379 g/mol. The van der Waals surface area contributed by atoms with Crippen molar-refractivity contribution >= 4 is 11.9 Å². The number of nitrogens with zero attached hydrogens (tertiary/aromatic N) is 2. The summed E-state index contributed by atoms with van der Waals surface area (Å²) in [4.78, 5) is 18.7. The third-order valence-electron chi connectivity index (χ3n) is 5.22. The van der Waals surface area contributed by atoms with Crippen molar-refractivity contribution in [1.29, 1.82) is 0 Å². The molecule has 1 aliphatic heterocycles. The van der Waals surface area contributed by atoms with Crippen molar-refractivity contribution in [3.63, 3.8) is 0 Å². The summed E-state index contributed by atoms with van der Waals surface area (Å²) < 4.78 is 0. The topological polar surface area (TPSA) is 56.7 Å². The minimum Gasteiger partial charge on any atom is -0.356 e. The van der Waals surface area contributed by atoms with E-state index in [2.05, 4.69) is 58.9 Å². The molecule has 28 heavy (non-hydrogen) atoms. The summed E-state index contributed by atoms with van der Waals surface area (Å²) in [5, 5.41) is 6.67. The van der Waals surface area contributed by atoms with Gasteiger partial charge in [-0.2, -0.15) is 0 Å². The molecule has 0 saturated heterocycles. The number of hydrogen-bond acceptors (Lipinski definition) is 2. The fourth-order valence-corrected chi connectivity index (χ4v) is 3.48. The van der Waals surface area contributed by atoms with Crippen LogP contribution in [0, 0.1) is 0 Å². The van der Waals surface area contributed by atoms with Crippen LogP contribution >= 0.6 is 0 Å². The Hall–Kier alpha value is -2.82. The number of amides is 1. The molecule has 5 heteroatoms. The van der Waals surface area contributed by atoms with Gasteiger partial charge >= 0.3 is 0 Å². The van der Waals surface area contributed by atoms with Gasteiger partial charge in [-0.05, 0) is 29.0 Å². The van der Waals surface area contributed by atoms with Gasteiger partial charge in [0, 0.05) is 39.6 Å². The lowest BCUT2D eigenvalue weighted by Crippen LogP contribution is -2.39. The normalized spacial score (nSPS) is 14.5. The summed E-state index contributed by atoms with van der Waals surface area (Å²) in [5.41, 5.74) is 3.85. The number of fused-ring (bicyclic) bond motifs is 1. The molecule has 2 aromatic rings. The first-order valence-electron chi connectivity index (χ1n) is 10.0. The van der Waals surface area contributed by atoms with Gasteiger partial charge in [0.25, 0.3) is 0 Å². The van der Waals surface area contributed by atoms with Crippen molar-refractivity contribution in [2.45, 2.75) is 38.8 Å². The molecule has 0 bridgehead atoms. The SMILES string of the molecule is CN=C(NCCCC(=O)N1Cc2ccccc2C1)NCC(C)c1ccccc1. The molecule has 0 radical (unpaired) electrons. The summed E-state index contributed by atoms with van der Waals surface area (Å²) in [6.45, 7) is 5.22. The fraction of sp³-hybridized carbons (Fsp3) is 0.391. The highest BCUT2D eigenvalue weighted by Crippen LogP contribution is 2.22. The van der Waals surface area contributed by atoms with Crippen molar-refractivity contribution in [1.82, 2.24) is 15.5 Å². The van der Waals surface area contributed by atoms with Crippen LogP contribution in [-0.4, -0.2) is 36.9 Å². The zero-order valence-electron chi connectivity index (χ0n) is 16.8. The van der Waals surface area contributed by atoms with Crippen LogP contribution in [0.3, 0.4) is 0 Å². The Morgan fingerprint density at radius 1 is 1.04 bits per heavy atom. The second-order valence-electron chi connectivity index (χ2n) is 7.31. The second kappa shape index (κ2) is 9.93. The van der Waals surface area contributed by atoms with Crippen molar-refractivity contribution < 1.29 is 4.79 Å². The van der Waals surface area contributed by atoms with E-state index in [-0.39, 0.29) is 5.91 Å². The summed E-state index contributed by atoms with van der Waals surface area (Å²) in [5.74, 6) is 1.40. The maximum Gasteiger partial charge on any atom is 0.223 e. The van der Waals surface area contributed by atoms with Crippen LogP contribution in [0.15, 0.2) is 59.6 Å². The van der Waals surface area contributed by atoms with Gasteiger partial charge in [-0.25, -0.2) is 0 Å². The number of hydrogen-bond donors (Lipinski definition) is 2. The van der Waals surface area contributed by atoms with Crippen LogP contribution in [0.5, 0.6) is 0 Å². The van der Waals surface area contributed by atoms with Crippen LogP contribution < -0.4 is 10.6 Å². The summed E-state index contributed by atoms with van der Waals surface area (Å²) >= 11 is 0. The van der Waals surface area contributed by atoms with E-state index in [0.29, 0.717) is 12.3 Å². The van der Waals surface area contributed by atoms with E-state index in [1.807, 2.05) is 23.1 Å². The van der Waals surface area contributed by atoms with Crippen LogP contribution in [0.2, 0.25) is 0 Å². The first kappa shape index (κ1) is 19.9. The summed E-state index contributed by atoms with van der Waals surface area (Å²) in [6, 6.07) is 18.7. The lowest BCUT2D eigenvalue weighted by molar-refractivity contribution is -0.131. The van der Waals surface area contributed by atoms with E-state index in [1.165, 1.54) is 16.7 Å². The molecular formula is C23H30N4O. The molecule has 0 fully saturated rings. The van der Waals surface area contributed by atoms with Gasteiger partial charge in [0.1, 0.15) is 0 Å². The molecule has 1 unspecified atom stereocenters. The van der Waals surface area contributed by atoms with Gasteiger partial charge in [-0.3, -0.25) is 9.79 Å². The summed E-state index contributed by atoms with van der Waals surface area (Å²) in [7, 11) is 1.77. The van der Waals surface area contributed by atoms with E-state index in [1.54, 1.807) is 7.05 Å². The van der Waals surface area contributed by atoms with Gasteiger partial charge in [0.05, 0.1) is 0 Å². The molecule has 1 amide bonds. The number of benzene rings is 2. The minimum atomic E-state index is 0.221. The van der Waals surface area contributed by atoms with E-state index < -0.39 is 0 Å². The lowest BCUT2D eigenvalue weighted by Gasteiger charge is -2.17. The smallest absolute Gasteiger partial charge is 0.223 e. The highest BCUT2D eigenvalue weighted by molar-refractivity contribution is 5.80. The monoisotopic (exact) mass is 378 g/mol. The highest BCUT2D eigenvalue weighted by atomic mass is 16.2. The number of carbonyl (C=O) groups excluding carboxylic acids is 1. The fourth-order valence-electron chi connectivity index (χ4n) is 3.48. The number of carbonyl (C=O) groups is 1. The van der Waals surface area contributed by atoms with E-state index in [0.717, 1.165) is 38.6 Å². The Morgan fingerprint density at radius 3 is 2.32 bits per heavy atom. The van der Waals surface area contributed by atoms with E-state index in [4.69, 9.17) is 0 Å². The Morgan fingerprint density at radius 2 is 1.68 bits per heavy atom. The molecule has 2 aromatic carbocycles. The predicted molar refractivity (Wildman–Crippen MR) is 114 cm³/mol. The third-order valence-corrected chi connectivity index (χ3v) is 5.22. The molecule has 1 aliphatic rings. The van der Waals surface area contributed by atoms with Gasteiger partial charge < -0.3 is 15.5 Å². The number of nitrogens with one attached hydrogen (secondary N) is 2. The van der Waals surface area contributed by atoms with Gasteiger partial charge in [-0.1, -0.05) is 61.5 Å². The molecular weight excluding hydrogens is 348 g/mol. The molecule has 1 atom stereocenters. The minimum absolute atomic E-state index is 0.221. The largest absolute Gasteiger partial charge is 0.356 e. The molecule has 1 heterocycles. The maximum atomic E-state index is 12.5. The first-order valence-corrected chi connectivity index (χ1v) is 10.0. The molecule has 0 spiro atoms. The average Bonchev–Trinajstić information content (AvgIpc) is 3.18. The van der Waals surface area contributed by atoms with Crippen molar-refractivity contribution in [3.8, 4) is 0 Å². The van der Waals surface area contributed by atoms with Crippen molar-refractivity contribution in [2.24, 2.45) is 4.99 Å². The van der Waals surface area contributed by atoms with Crippen LogP contribution in [0.1, 0.15) is 42.4 Å². The first-order chi connectivity index (χ1) is 13.7. The van der Waals surface area contributed by atoms with E-state index in [9.17, 15) is 4.79 Å². The molecule has 0 aliphatic carbocycles. The quantitative estimate of drug-likeness (QED) is 0.442. The highest BCUT2D eigenvalue weighted by Gasteiger charge is 2.22. The van der Waals surface area contributed by atoms with Crippen LogP contribution in [0.25, 0.3) is 0 Å². The number of rotatable bonds is 7. The Kier molecular flexibility index (Phi) is 7.06. The Bertz CT molecular complexity index is 778. The van der Waals surface area contributed by atoms with Crippen LogP contribution in [0.4, 0.5) is 0 Å². The third kappa shape index (κ3) is 5.35. The second-order valence-corrected chi connectivity index (χ2v) is 7.31. The molecule has 5 nitrogen and oxygen atoms in total. The van der Waals surface area contributed by atoms with Gasteiger partial charge in [0.2, 0.25) is 5.91 Å². The maximum absolute atomic E-state index is 12.5. The number of aliphatic imine (C=N–C) groups is 1. The molecule has 3 rings (SSSR count). The van der Waals surface area contributed by atoms with Crippen molar-refractivity contribution in [2.75, 3.05) is 20.1 Å². The predicted octanol–water partition coefficient (Wildman–Crippen LogP) is 3.28. The molecule has 0 saturated carbocycles. The van der Waals surface area contributed by atoms with Crippen molar-refractivity contribution in [3.05, 3.63) is 71.3 Å². The van der Waals surface area contributed by atoms with Gasteiger partial charge in [-0.15, -0.1) is 0 Å². The zero-order valence-corrected chi connectivity index (χ0v) is 16.8. The Balaban J connectivity index is 1.34. The van der Waals surface area contributed by atoms with E-state index >= 15 is 0 Å². The standard InChI is InChI=1S/C23H30N4O/c1-18(19-9-4-3-5-10-19)15-26-23(24-2)25-14-8-13-22(28)27-16-20-11-6-7-12-21(20)17-27/h3-7,9-12,18H,8,13-17H2,1-2H3,(H2,24,25,26). The Labute approximate surface area is 167 Å². The van der Waals surface area contributed by atoms with Gasteiger partial charge in [0.15, 0.2) is 5.96 Å². The van der Waals surface area contributed by atoms with Crippen LogP contribution in [-0.2, 0) is 17.9 Å². The lowest BCUT2D eigenvalue weighted by atomic mass is 10.0. The molecule has 148 valence electrons. The zero-order chi connectivity index (χ0) is 19.8. The molecule has 2 N–H and O–H groups in total. The number of guanidine groups is 1. The summed E-state index contributed by atoms with van der Waals surface area (Å²) in [6.07, 6.45) is 1.35. The molecule has 0 aromatic heterocycles.